The highest BCUT2D eigenvalue weighted by Crippen LogP contribution is 2.37. The Hall–Kier alpha value is -1.29. The SMILES string of the molecule is Cc1ccc(SC(/C=C/c2ccc(Br)cc2)c2ccc(Br)cc2)cc1. The van der Waals surface area contributed by atoms with Crippen LogP contribution in [0.5, 0.6) is 0 Å². The van der Waals surface area contributed by atoms with Crippen LogP contribution in [-0.4, -0.2) is 0 Å². The van der Waals surface area contributed by atoms with E-state index in [1.807, 2.05) is 11.8 Å². The van der Waals surface area contributed by atoms with Crippen molar-refractivity contribution in [2.75, 3.05) is 0 Å². The highest BCUT2D eigenvalue weighted by Gasteiger charge is 2.10. The lowest BCUT2D eigenvalue weighted by Gasteiger charge is -2.14. The van der Waals surface area contributed by atoms with E-state index < -0.39 is 0 Å². The Balaban J connectivity index is 1.86. The largest absolute Gasteiger partial charge is 0.114 e. The van der Waals surface area contributed by atoms with Crippen LogP contribution in [0.1, 0.15) is 21.9 Å². The van der Waals surface area contributed by atoms with Gasteiger partial charge in [-0.05, 0) is 54.4 Å². The molecule has 0 saturated heterocycles. The van der Waals surface area contributed by atoms with Crippen molar-refractivity contribution in [1.29, 1.82) is 0 Å². The van der Waals surface area contributed by atoms with Crippen LogP contribution in [0, 0.1) is 6.92 Å². The van der Waals surface area contributed by atoms with Crippen LogP contribution in [0.25, 0.3) is 6.08 Å². The van der Waals surface area contributed by atoms with Gasteiger partial charge in [0.1, 0.15) is 0 Å². The van der Waals surface area contributed by atoms with Gasteiger partial charge in [0.05, 0.1) is 5.25 Å². The van der Waals surface area contributed by atoms with Gasteiger partial charge in [-0.15, -0.1) is 11.8 Å². The lowest BCUT2D eigenvalue weighted by atomic mass is 10.1. The molecule has 126 valence electrons. The molecular weight excluding hydrogens is 456 g/mol. The van der Waals surface area contributed by atoms with Crippen molar-refractivity contribution in [3.8, 4) is 0 Å². The molecule has 0 spiro atoms. The van der Waals surface area contributed by atoms with Crippen molar-refractivity contribution in [1.82, 2.24) is 0 Å². The molecule has 0 aromatic heterocycles. The van der Waals surface area contributed by atoms with Gasteiger partial charge >= 0.3 is 0 Å². The van der Waals surface area contributed by atoms with Crippen LogP contribution in [0.2, 0.25) is 0 Å². The highest BCUT2D eigenvalue weighted by molar-refractivity contribution is 9.10. The van der Waals surface area contributed by atoms with Gasteiger partial charge in [0, 0.05) is 13.8 Å². The first-order valence-corrected chi connectivity index (χ1v) is 10.5. The van der Waals surface area contributed by atoms with E-state index in [0.29, 0.717) is 0 Å². The minimum atomic E-state index is 0.263. The Morgan fingerprint density at radius 3 is 1.92 bits per heavy atom. The fourth-order valence-electron chi connectivity index (χ4n) is 2.41. The molecule has 0 heterocycles. The van der Waals surface area contributed by atoms with E-state index in [-0.39, 0.29) is 5.25 Å². The summed E-state index contributed by atoms with van der Waals surface area (Å²) in [6, 6.07) is 25.7. The molecule has 0 bridgehead atoms. The topological polar surface area (TPSA) is 0 Å². The smallest absolute Gasteiger partial charge is 0.0527 e. The van der Waals surface area contributed by atoms with E-state index in [1.54, 1.807) is 0 Å². The molecule has 1 atom stereocenters. The molecule has 0 amide bonds. The van der Waals surface area contributed by atoms with E-state index in [1.165, 1.54) is 21.6 Å². The molecule has 3 aromatic carbocycles. The van der Waals surface area contributed by atoms with Gasteiger partial charge in [-0.3, -0.25) is 0 Å². The number of aryl methyl sites for hydroxylation is 1. The van der Waals surface area contributed by atoms with E-state index in [4.69, 9.17) is 0 Å². The molecule has 25 heavy (non-hydrogen) atoms. The average molecular weight is 474 g/mol. The second kappa shape index (κ2) is 8.88. The summed E-state index contributed by atoms with van der Waals surface area (Å²) in [7, 11) is 0. The fraction of sp³-hybridized carbons (Fsp3) is 0.0909. The second-order valence-corrected chi connectivity index (χ2v) is 8.86. The Labute approximate surface area is 170 Å². The minimum absolute atomic E-state index is 0.263. The van der Waals surface area contributed by atoms with Gasteiger partial charge in [-0.25, -0.2) is 0 Å². The normalized spacial score (nSPS) is 12.4. The summed E-state index contributed by atoms with van der Waals surface area (Å²) in [5.41, 5.74) is 3.78. The number of benzene rings is 3. The van der Waals surface area contributed by atoms with Gasteiger partial charge in [-0.2, -0.15) is 0 Å². The molecule has 3 rings (SSSR count). The van der Waals surface area contributed by atoms with Gasteiger partial charge < -0.3 is 0 Å². The van der Waals surface area contributed by atoms with E-state index in [9.17, 15) is 0 Å². The summed E-state index contributed by atoms with van der Waals surface area (Å²) in [6.07, 6.45) is 4.47. The fourth-order valence-corrected chi connectivity index (χ4v) is 3.97. The van der Waals surface area contributed by atoms with Crippen LogP contribution in [0.3, 0.4) is 0 Å². The van der Waals surface area contributed by atoms with Crippen LogP contribution >= 0.6 is 43.6 Å². The van der Waals surface area contributed by atoms with Crippen molar-refractivity contribution in [2.24, 2.45) is 0 Å². The highest BCUT2D eigenvalue weighted by atomic mass is 79.9. The zero-order valence-electron chi connectivity index (χ0n) is 13.8. The first-order valence-electron chi connectivity index (χ1n) is 8.03. The monoisotopic (exact) mass is 472 g/mol. The maximum absolute atomic E-state index is 3.52. The summed E-state index contributed by atoms with van der Waals surface area (Å²) in [6.45, 7) is 2.12. The summed E-state index contributed by atoms with van der Waals surface area (Å²) < 4.78 is 2.20. The van der Waals surface area contributed by atoms with Gasteiger partial charge in [0.15, 0.2) is 0 Å². The Kier molecular flexibility index (Phi) is 6.57. The quantitative estimate of drug-likeness (QED) is 0.337. The third-order valence-corrected chi connectivity index (χ3v) is 6.10. The molecule has 0 aliphatic carbocycles. The average Bonchev–Trinajstić information content (AvgIpc) is 2.62. The summed E-state index contributed by atoms with van der Waals surface area (Å²) >= 11 is 8.88. The van der Waals surface area contributed by atoms with Crippen molar-refractivity contribution >= 4 is 49.7 Å². The minimum Gasteiger partial charge on any atom is -0.114 e. The number of hydrogen-bond acceptors (Lipinski definition) is 1. The van der Waals surface area contributed by atoms with Crippen molar-refractivity contribution in [3.63, 3.8) is 0 Å². The predicted octanol–water partition coefficient (Wildman–Crippen LogP) is 8.07. The van der Waals surface area contributed by atoms with E-state index >= 15 is 0 Å². The van der Waals surface area contributed by atoms with Crippen LogP contribution in [0.4, 0.5) is 0 Å². The van der Waals surface area contributed by atoms with Crippen LogP contribution in [0.15, 0.2) is 92.7 Å². The zero-order valence-corrected chi connectivity index (χ0v) is 17.8. The lowest BCUT2D eigenvalue weighted by molar-refractivity contribution is 1.22. The van der Waals surface area contributed by atoms with Crippen LogP contribution in [-0.2, 0) is 0 Å². The maximum atomic E-state index is 3.52. The number of hydrogen-bond donors (Lipinski definition) is 0. The maximum Gasteiger partial charge on any atom is 0.0527 e. The first kappa shape index (κ1) is 18.5. The summed E-state index contributed by atoms with van der Waals surface area (Å²) in [5, 5.41) is 0.263. The molecule has 0 nitrogen and oxygen atoms in total. The van der Waals surface area contributed by atoms with Crippen molar-refractivity contribution < 1.29 is 0 Å². The molecule has 0 fully saturated rings. The Morgan fingerprint density at radius 1 is 0.760 bits per heavy atom. The van der Waals surface area contributed by atoms with Gasteiger partial charge in [-0.1, -0.05) is 86.0 Å². The molecule has 0 radical (unpaired) electrons. The van der Waals surface area contributed by atoms with E-state index in [0.717, 1.165) is 8.95 Å². The lowest BCUT2D eigenvalue weighted by Crippen LogP contribution is -1.90. The Morgan fingerprint density at radius 2 is 1.32 bits per heavy atom. The molecule has 3 heteroatoms. The second-order valence-electron chi connectivity index (χ2n) is 5.81. The van der Waals surface area contributed by atoms with Crippen LogP contribution < -0.4 is 0 Å². The van der Waals surface area contributed by atoms with Crippen molar-refractivity contribution in [2.45, 2.75) is 17.1 Å². The molecule has 0 aliphatic heterocycles. The molecule has 1 unspecified atom stereocenters. The predicted molar refractivity (Wildman–Crippen MR) is 117 cm³/mol. The summed E-state index contributed by atoms with van der Waals surface area (Å²) in [5.74, 6) is 0. The zero-order chi connectivity index (χ0) is 17.6. The first-order chi connectivity index (χ1) is 12.1. The third kappa shape index (κ3) is 5.60. The molecule has 3 aromatic rings. The summed E-state index contributed by atoms with van der Waals surface area (Å²) in [4.78, 5) is 1.28. The number of rotatable bonds is 5. The standard InChI is InChI=1S/C22H18Br2S/c1-16-2-13-21(14-3-16)25-22(18-7-11-20(24)12-8-18)15-6-17-4-9-19(23)10-5-17/h2-15,22H,1H3/b15-6+. The van der Waals surface area contributed by atoms with Gasteiger partial charge in [0.25, 0.3) is 0 Å². The van der Waals surface area contributed by atoms with Crippen molar-refractivity contribution in [3.05, 3.63) is 105 Å². The molecule has 0 aliphatic rings. The molecular formula is C22H18Br2S. The van der Waals surface area contributed by atoms with E-state index in [2.05, 4.69) is 124 Å². The third-order valence-electron chi connectivity index (χ3n) is 3.82. The molecule has 0 N–H and O–H groups in total. The Bertz CT molecular complexity index is 835. The van der Waals surface area contributed by atoms with Gasteiger partial charge in [0.2, 0.25) is 0 Å². The molecule has 0 saturated carbocycles. The number of thioether (sulfide) groups is 1. The number of halogens is 2.